The Hall–Kier alpha value is -5.05. The highest BCUT2D eigenvalue weighted by Crippen LogP contribution is 2.34. The number of ether oxygens (including phenoxy) is 2. The van der Waals surface area contributed by atoms with Gasteiger partial charge in [-0.15, -0.1) is 0 Å². The topological polar surface area (TPSA) is 225 Å². The van der Waals surface area contributed by atoms with Crippen LogP contribution in [0.4, 0.5) is 17.2 Å². The molecule has 156 valence electrons. The molecule has 0 fully saturated rings. The number of nitriles is 1. The summed E-state index contributed by atoms with van der Waals surface area (Å²) >= 11 is 0. The lowest BCUT2D eigenvalue weighted by Crippen LogP contribution is -2.20. The van der Waals surface area contributed by atoms with E-state index in [1.165, 1.54) is 18.2 Å². The van der Waals surface area contributed by atoms with Crippen LogP contribution in [0.2, 0.25) is 0 Å². The first-order valence-corrected chi connectivity index (χ1v) is 8.61. The van der Waals surface area contributed by atoms with Crippen molar-refractivity contribution < 1.29 is 14.3 Å². The molecule has 0 saturated carbocycles. The van der Waals surface area contributed by atoms with Crippen LogP contribution in [0.15, 0.2) is 42.5 Å². The number of rotatable bonds is 6. The number of anilines is 3. The monoisotopic (exact) mass is 419 g/mol. The van der Waals surface area contributed by atoms with Crippen LogP contribution in [-0.2, 0) is 0 Å². The van der Waals surface area contributed by atoms with Gasteiger partial charge in [-0.3, -0.25) is 10.2 Å². The minimum Gasteiger partial charge on any atom is -0.437 e. The molecule has 0 aliphatic carbocycles. The lowest BCUT2D eigenvalue weighted by molar-refractivity contribution is 0.0999. The van der Waals surface area contributed by atoms with E-state index in [4.69, 9.17) is 43.1 Å². The van der Waals surface area contributed by atoms with Gasteiger partial charge in [-0.05, 0) is 30.3 Å². The smallest absolute Gasteiger partial charge is 0.327 e. The molecule has 2 aromatic carbocycles. The summed E-state index contributed by atoms with van der Waals surface area (Å²) < 4.78 is 11.3. The normalized spacial score (nSPS) is 10.0. The molecule has 3 aromatic rings. The Balaban J connectivity index is 1.95. The van der Waals surface area contributed by atoms with E-state index in [9.17, 15) is 4.79 Å². The van der Waals surface area contributed by atoms with Crippen molar-refractivity contribution in [3.05, 3.63) is 53.6 Å². The average Bonchev–Trinajstić information content (AvgIpc) is 2.72. The summed E-state index contributed by atoms with van der Waals surface area (Å²) in [5.41, 5.74) is 22.8. The third kappa shape index (κ3) is 4.69. The number of primary amides is 1. The molecule has 31 heavy (non-hydrogen) atoms. The Morgan fingerprint density at radius 2 is 1.84 bits per heavy atom. The molecule has 3 rings (SSSR count). The standard InChI is InChI=1S/C19H17N9O3/c20-8-9-5-6-10(7-11(9)16(23)29)30-17-14(21)15(22)27-19(28-17)31-13-4-2-1-3-12(13)26-18(24)25/h1-7H,21H2,(H2,23,29)(H2,22,27,28)(H4,24,25,26). The van der Waals surface area contributed by atoms with E-state index in [1.54, 1.807) is 24.3 Å². The predicted octanol–water partition coefficient (Wildman–Crippen LogP) is 1.50. The van der Waals surface area contributed by atoms with Gasteiger partial charge in [0.25, 0.3) is 5.88 Å². The Labute approximate surface area is 175 Å². The molecule has 0 unspecified atom stereocenters. The highest BCUT2D eigenvalue weighted by atomic mass is 16.5. The van der Waals surface area contributed by atoms with Gasteiger partial charge in [-0.2, -0.15) is 15.2 Å². The van der Waals surface area contributed by atoms with Crippen molar-refractivity contribution in [2.45, 2.75) is 0 Å². The maximum absolute atomic E-state index is 11.6. The molecular formula is C19H17N9O3. The number of amides is 1. The molecule has 0 bridgehead atoms. The third-order valence-corrected chi connectivity index (χ3v) is 3.87. The minimum absolute atomic E-state index is 0.0266. The van der Waals surface area contributed by atoms with Crippen LogP contribution in [0.25, 0.3) is 0 Å². The fourth-order valence-corrected chi connectivity index (χ4v) is 2.47. The zero-order valence-corrected chi connectivity index (χ0v) is 15.9. The van der Waals surface area contributed by atoms with Gasteiger partial charge in [0, 0.05) is 0 Å². The van der Waals surface area contributed by atoms with Gasteiger partial charge in [0.1, 0.15) is 11.4 Å². The second-order valence-corrected chi connectivity index (χ2v) is 6.03. The Kier molecular flexibility index (Phi) is 5.69. The lowest BCUT2D eigenvalue weighted by Gasteiger charge is -2.13. The van der Waals surface area contributed by atoms with Crippen LogP contribution in [0.1, 0.15) is 15.9 Å². The van der Waals surface area contributed by atoms with Gasteiger partial charge in [0.05, 0.1) is 22.9 Å². The van der Waals surface area contributed by atoms with Gasteiger partial charge in [0.2, 0.25) is 5.91 Å². The number of carbonyl (C=O) groups is 1. The predicted molar refractivity (Wildman–Crippen MR) is 113 cm³/mol. The number of nitrogen functional groups attached to an aromatic ring is 2. The first-order valence-electron chi connectivity index (χ1n) is 8.61. The molecule has 1 aromatic heterocycles. The highest BCUT2D eigenvalue weighted by molar-refractivity contribution is 5.95. The van der Waals surface area contributed by atoms with E-state index < -0.39 is 5.91 Å². The Bertz CT molecular complexity index is 1220. The van der Waals surface area contributed by atoms with E-state index in [1.807, 2.05) is 6.07 Å². The largest absolute Gasteiger partial charge is 0.437 e. The number of nitrogens with two attached hydrogens (primary N) is 4. The quantitative estimate of drug-likeness (QED) is 0.249. The summed E-state index contributed by atoms with van der Waals surface area (Å²) in [6.07, 6.45) is 0. The van der Waals surface area contributed by atoms with Crippen molar-refractivity contribution in [1.29, 1.82) is 10.7 Å². The molecule has 1 heterocycles. The molecule has 10 N–H and O–H groups in total. The molecule has 0 aliphatic rings. The van der Waals surface area contributed by atoms with Crippen LogP contribution in [0.3, 0.4) is 0 Å². The second kappa shape index (κ2) is 8.53. The maximum Gasteiger partial charge on any atom is 0.327 e. The Morgan fingerprint density at radius 3 is 2.52 bits per heavy atom. The number of aromatic nitrogens is 2. The maximum atomic E-state index is 11.6. The van der Waals surface area contributed by atoms with Crippen LogP contribution in [-0.4, -0.2) is 21.8 Å². The van der Waals surface area contributed by atoms with Gasteiger partial charge >= 0.3 is 6.01 Å². The number of benzene rings is 2. The van der Waals surface area contributed by atoms with Crippen molar-refractivity contribution in [2.75, 3.05) is 16.8 Å². The zero-order chi connectivity index (χ0) is 22.5. The van der Waals surface area contributed by atoms with Gasteiger partial charge in [-0.1, -0.05) is 12.1 Å². The Morgan fingerprint density at radius 1 is 1.10 bits per heavy atom. The fourth-order valence-electron chi connectivity index (χ4n) is 2.47. The average molecular weight is 419 g/mol. The SMILES string of the molecule is N#Cc1ccc(Oc2nc(Oc3ccccc3NC(=N)N)nc(N)c2N)cc1C(N)=O. The van der Waals surface area contributed by atoms with Crippen LogP contribution < -0.4 is 37.7 Å². The summed E-state index contributed by atoms with van der Waals surface area (Å²) in [5, 5.41) is 19.1. The van der Waals surface area contributed by atoms with Crippen LogP contribution in [0, 0.1) is 16.7 Å². The van der Waals surface area contributed by atoms with E-state index >= 15 is 0 Å². The summed E-state index contributed by atoms with van der Waals surface area (Å²) in [6.45, 7) is 0. The van der Waals surface area contributed by atoms with Gasteiger partial charge in [-0.25, -0.2) is 0 Å². The number of nitrogens with zero attached hydrogens (tertiary/aromatic N) is 3. The summed E-state index contributed by atoms with van der Waals surface area (Å²) in [5.74, 6) is -0.926. The zero-order valence-electron chi connectivity index (χ0n) is 15.9. The van der Waals surface area contributed by atoms with E-state index in [-0.39, 0.29) is 52.0 Å². The molecule has 0 aliphatic heterocycles. The van der Waals surface area contributed by atoms with Crippen molar-refractivity contribution in [2.24, 2.45) is 11.5 Å². The van der Waals surface area contributed by atoms with Crippen molar-refractivity contribution in [3.63, 3.8) is 0 Å². The van der Waals surface area contributed by atoms with Crippen molar-refractivity contribution in [1.82, 2.24) is 9.97 Å². The molecule has 0 atom stereocenters. The molecule has 1 amide bonds. The van der Waals surface area contributed by atoms with Gasteiger partial charge in [0.15, 0.2) is 17.5 Å². The lowest BCUT2D eigenvalue weighted by atomic mass is 10.1. The summed E-state index contributed by atoms with van der Waals surface area (Å²) in [4.78, 5) is 19.6. The van der Waals surface area contributed by atoms with Crippen LogP contribution in [0.5, 0.6) is 23.4 Å². The van der Waals surface area contributed by atoms with Gasteiger partial charge < -0.3 is 37.7 Å². The van der Waals surface area contributed by atoms with Crippen molar-refractivity contribution >= 4 is 29.1 Å². The first kappa shape index (κ1) is 20.7. The highest BCUT2D eigenvalue weighted by Gasteiger charge is 2.16. The second-order valence-electron chi connectivity index (χ2n) is 6.03. The molecular weight excluding hydrogens is 402 g/mol. The minimum atomic E-state index is -0.796. The third-order valence-electron chi connectivity index (χ3n) is 3.87. The number of para-hydroxylation sites is 2. The number of hydrogen-bond acceptors (Lipinski definition) is 9. The summed E-state index contributed by atoms with van der Waals surface area (Å²) in [7, 11) is 0. The summed E-state index contributed by atoms with van der Waals surface area (Å²) in [6, 6.07) is 12.4. The van der Waals surface area contributed by atoms with Crippen LogP contribution >= 0.6 is 0 Å². The van der Waals surface area contributed by atoms with E-state index in [0.29, 0.717) is 5.69 Å². The number of nitrogens with one attached hydrogen (secondary N) is 2. The number of guanidine groups is 1. The number of hydrogen-bond donors (Lipinski definition) is 6. The molecule has 12 nitrogen and oxygen atoms in total. The molecule has 0 saturated heterocycles. The molecule has 12 heteroatoms. The molecule has 0 spiro atoms. The van der Waals surface area contributed by atoms with E-state index in [2.05, 4.69) is 15.3 Å². The number of carbonyl (C=O) groups excluding carboxylic acids is 1. The van der Waals surface area contributed by atoms with Crippen molar-refractivity contribution in [3.8, 4) is 29.5 Å². The first-order chi connectivity index (χ1) is 14.8. The fraction of sp³-hybridized carbons (Fsp3) is 0. The van der Waals surface area contributed by atoms with E-state index in [0.717, 1.165) is 0 Å². The molecule has 0 radical (unpaired) electrons.